The van der Waals surface area contributed by atoms with Crippen molar-refractivity contribution in [3.05, 3.63) is 75.0 Å². The van der Waals surface area contributed by atoms with E-state index in [1.165, 1.54) is 0 Å². The first kappa shape index (κ1) is 20.5. The van der Waals surface area contributed by atoms with Gasteiger partial charge in [-0.15, -0.1) is 0 Å². The van der Waals surface area contributed by atoms with Gasteiger partial charge >= 0.3 is 5.76 Å². The minimum Gasteiger partial charge on any atom is -0.329 e. The van der Waals surface area contributed by atoms with Gasteiger partial charge in [-0.25, -0.2) is 4.79 Å². The Balaban J connectivity index is 2.05. The normalized spacial score (nSPS) is 15.2. The lowest BCUT2D eigenvalue weighted by Gasteiger charge is -2.35. The van der Waals surface area contributed by atoms with Gasteiger partial charge in [-0.2, -0.15) is 0 Å². The quantitative estimate of drug-likeness (QED) is 0.427. The van der Waals surface area contributed by atoms with Gasteiger partial charge in [0, 0.05) is 17.4 Å². The van der Waals surface area contributed by atoms with Gasteiger partial charge in [0.2, 0.25) is 12.8 Å². The Morgan fingerprint density at radius 2 is 1.65 bits per heavy atom. The number of rotatable bonds is 7. The third kappa shape index (κ3) is 3.64. The highest BCUT2D eigenvalue weighted by Crippen LogP contribution is 2.47. The number of aromatic nitrogens is 2. The number of nitrogens with two attached hydrogens (primary N) is 1. The van der Waals surface area contributed by atoms with Crippen LogP contribution in [0.4, 0.5) is 11.4 Å². The summed E-state index contributed by atoms with van der Waals surface area (Å²) in [6, 6.07) is 11.1. The van der Waals surface area contributed by atoms with Gasteiger partial charge in [-0.05, 0) is 72.7 Å². The van der Waals surface area contributed by atoms with Gasteiger partial charge in [0.1, 0.15) is 0 Å². The van der Waals surface area contributed by atoms with Crippen LogP contribution < -0.4 is 22.1 Å². The molecule has 1 aliphatic rings. The first-order valence-corrected chi connectivity index (χ1v) is 9.97. The molecule has 5 N–H and O–H groups in total. The lowest BCUT2D eigenvalue weighted by atomic mass is 9.68. The van der Waals surface area contributed by atoms with E-state index in [4.69, 9.17) is 10.3 Å². The van der Waals surface area contributed by atoms with Gasteiger partial charge in [0.15, 0.2) is 5.82 Å². The van der Waals surface area contributed by atoms with E-state index in [0.717, 1.165) is 22.3 Å². The van der Waals surface area contributed by atoms with Crippen LogP contribution >= 0.6 is 0 Å². The Morgan fingerprint density at radius 1 is 1.10 bits per heavy atom. The third-order valence-corrected chi connectivity index (χ3v) is 5.72. The molecule has 9 nitrogen and oxygen atoms in total. The van der Waals surface area contributed by atoms with E-state index >= 15 is 0 Å². The Hall–Kier alpha value is -3.72. The summed E-state index contributed by atoms with van der Waals surface area (Å²) in [4.78, 5) is 36.6. The van der Waals surface area contributed by atoms with Crippen molar-refractivity contribution in [1.82, 2.24) is 10.1 Å². The van der Waals surface area contributed by atoms with E-state index in [1.54, 1.807) is 0 Å². The lowest BCUT2D eigenvalue weighted by Crippen LogP contribution is -2.38. The molecule has 1 aliphatic carbocycles. The number of carbonyl (C=O) groups excluding carboxylic acids is 2. The number of benzene rings is 2. The fraction of sp³-hybridized carbons (Fsp3) is 0.273. The van der Waals surface area contributed by atoms with Crippen molar-refractivity contribution >= 4 is 24.2 Å². The maximum Gasteiger partial charge on any atom is 0.438 e. The number of H-pyrrole nitrogens is 1. The Labute approximate surface area is 178 Å². The lowest BCUT2D eigenvalue weighted by molar-refractivity contribution is -0.106. The molecule has 4 rings (SSSR count). The summed E-state index contributed by atoms with van der Waals surface area (Å²) in [5.74, 6) is -0.281. The maximum absolute atomic E-state index is 11.9. The molecule has 0 bridgehead atoms. The number of aryl methyl sites for hydroxylation is 2. The molecular formula is C22H23N5O4. The first-order valence-electron chi connectivity index (χ1n) is 9.97. The summed E-state index contributed by atoms with van der Waals surface area (Å²) in [5.41, 5.74) is 10.6. The third-order valence-electron chi connectivity index (χ3n) is 5.72. The molecular weight excluding hydrogens is 398 g/mol. The number of amides is 2. The smallest absolute Gasteiger partial charge is 0.329 e. The van der Waals surface area contributed by atoms with Crippen molar-refractivity contribution in [2.75, 3.05) is 10.6 Å². The maximum atomic E-state index is 11.9. The number of fused-ring (bicyclic) bond motifs is 2. The Bertz CT molecular complexity index is 1120. The summed E-state index contributed by atoms with van der Waals surface area (Å²) in [5, 5.41) is 9.46. The molecule has 0 saturated carbocycles. The Morgan fingerprint density at radius 3 is 2.06 bits per heavy atom. The fourth-order valence-corrected chi connectivity index (χ4v) is 4.63. The van der Waals surface area contributed by atoms with Crippen molar-refractivity contribution in [3.63, 3.8) is 0 Å². The molecule has 160 valence electrons. The van der Waals surface area contributed by atoms with Crippen LogP contribution in [-0.2, 0) is 27.8 Å². The molecule has 0 spiro atoms. The number of hydrogen-bond acceptors (Lipinski definition) is 6. The van der Waals surface area contributed by atoms with Crippen LogP contribution in [0.3, 0.4) is 0 Å². The van der Waals surface area contributed by atoms with Crippen LogP contribution in [0.25, 0.3) is 0 Å². The highest BCUT2D eigenvalue weighted by molar-refractivity contribution is 5.74. The largest absolute Gasteiger partial charge is 0.438 e. The number of carbonyl (C=O) groups is 2. The molecule has 3 aromatic rings. The SMILES string of the molecule is C[C@H](N)CC1(c2noc(=O)[nH]2)c2ccc(NC=O)cc2CCc2cc(NC=O)ccc21. The molecule has 1 atom stereocenters. The van der Waals surface area contributed by atoms with Crippen LogP contribution in [0.15, 0.2) is 45.7 Å². The van der Waals surface area contributed by atoms with Crippen molar-refractivity contribution in [2.24, 2.45) is 5.73 Å². The molecule has 2 aromatic carbocycles. The summed E-state index contributed by atoms with van der Waals surface area (Å²) < 4.78 is 4.90. The molecule has 0 saturated heterocycles. The van der Waals surface area contributed by atoms with E-state index in [-0.39, 0.29) is 6.04 Å². The van der Waals surface area contributed by atoms with Crippen molar-refractivity contribution in [2.45, 2.75) is 37.6 Å². The molecule has 0 unspecified atom stereocenters. The van der Waals surface area contributed by atoms with Crippen LogP contribution in [0.1, 0.15) is 41.4 Å². The van der Waals surface area contributed by atoms with E-state index < -0.39 is 11.2 Å². The van der Waals surface area contributed by atoms with Gasteiger partial charge in [0.25, 0.3) is 0 Å². The summed E-state index contributed by atoms with van der Waals surface area (Å²) in [6.45, 7) is 1.90. The summed E-state index contributed by atoms with van der Waals surface area (Å²) in [7, 11) is 0. The van der Waals surface area contributed by atoms with E-state index in [1.807, 2.05) is 43.3 Å². The van der Waals surface area contributed by atoms with E-state index in [0.29, 0.717) is 49.3 Å². The second kappa shape index (κ2) is 8.19. The van der Waals surface area contributed by atoms with Gasteiger partial charge in [-0.1, -0.05) is 17.3 Å². The van der Waals surface area contributed by atoms with Crippen molar-refractivity contribution in [3.8, 4) is 0 Å². The number of nitrogens with one attached hydrogen (secondary N) is 3. The fourth-order valence-electron chi connectivity index (χ4n) is 4.63. The average molecular weight is 421 g/mol. The second-order valence-electron chi connectivity index (χ2n) is 7.80. The first-order chi connectivity index (χ1) is 15.0. The van der Waals surface area contributed by atoms with Gasteiger partial charge in [0.05, 0.1) is 5.41 Å². The van der Waals surface area contributed by atoms with Crippen LogP contribution in [0.2, 0.25) is 0 Å². The standard InChI is InChI=1S/C22H23N5O4/c1-13(23)10-22(20-26-21(30)31-27-20)18-6-4-16(24-11-28)8-14(18)2-3-15-9-17(25-12-29)5-7-19(15)22/h4-9,11-13H,2-3,10,23H2,1H3,(H,24,28)(H,25,29)(H,26,27,30)/t13-/m0/s1. The van der Waals surface area contributed by atoms with E-state index in [9.17, 15) is 14.4 Å². The molecule has 0 aliphatic heterocycles. The molecule has 1 aromatic heterocycles. The predicted octanol–water partition coefficient (Wildman–Crippen LogP) is 1.67. The minimum atomic E-state index is -0.874. The number of aromatic amines is 1. The number of anilines is 2. The minimum absolute atomic E-state index is 0.237. The van der Waals surface area contributed by atoms with Gasteiger partial charge in [-0.3, -0.25) is 19.1 Å². The zero-order valence-electron chi connectivity index (χ0n) is 17.0. The second-order valence-corrected chi connectivity index (χ2v) is 7.80. The molecule has 9 heteroatoms. The zero-order valence-corrected chi connectivity index (χ0v) is 17.0. The molecule has 2 amide bonds. The number of nitrogens with zero attached hydrogens (tertiary/aromatic N) is 1. The topological polar surface area (TPSA) is 143 Å². The average Bonchev–Trinajstić information content (AvgIpc) is 3.13. The predicted molar refractivity (Wildman–Crippen MR) is 115 cm³/mol. The van der Waals surface area contributed by atoms with E-state index in [2.05, 4.69) is 20.8 Å². The monoisotopic (exact) mass is 421 g/mol. The molecule has 1 heterocycles. The molecule has 0 fully saturated rings. The molecule has 31 heavy (non-hydrogen) atoms. The van der Waals surface area contributed by atoms with Crippen LogP contribution in [-0.4, -0.2) is 29.0 Å². The molecule has 0 radical (unpaired) electrons. The summed E-state index contributed by atoms with van der Waals surface area (Å²) in [6.07, 6.45) is 3.09. The van der Waals surface area contributed by atoms with Crippen LogP contribution in [0, 0.1) is 0 Å². The van der Waals surface area contributed by atoms with Crippen LogP contribution in [0.5, 0.6) is 0 Å². The van der Waals surface area contributed by atoms with Crippen molar-refractivity contribution in [1.29, 1.82) is 0 Å². The highest BCUT2D eigenvalue weighted by Gasteiger charge is 2.45. The zero-order chi connectivity index (χ0) is 22.0. The van der Waals surface area contributed by atoms with Crippen molar-refractivity contribution < 1.29 is 14.1 Å². The summed E-state index contributed by atoms with van der Waals surface area (Å²) >= 11 is 0. The Kier molecular flexibility index (Phi) is 5.43. The highest BCUT2D eigenvalue weighted by atomic mass is 16.5. The number of hydrogen-bond donors (Lipinski definition) is 4. The van der Waals surface area contributed by atoms with Gasteiger partial charge < -0.3 is 16.4 Å².